The average Bonchev–Trinajstić information content (AvgIpc) is 3.27. The van der Waals surface area contributed by atoms with Crippen molar-refractivity contribution in [2.75, 3.05) is 0 Å². The molecule has 1 fully saturated rings. The highest BCUT2D eigenvalue weighted by atomic mass is 35.5. The summed E-state index contributed by atoms with van der Waals surface area (Å²) in [5.41, 5.74) is 5.21. The first-order chi connectivity index (χ1) is 15.1. The molecule has 0 radical (unpaired) electrons. The largest absolute Gasteiger partial charge is 0.461 e. The Morgan fingerprint density at radius 1 is 1.09 bits per heavy atom. The van der Waals surface area contributed by atoms with Gasteiger partial charge < -0.3 is 4.74 Å². The summed E-state index contributed by atoms with van der Waals surface area (Å²) in [5, 5.41) is -1.19. The van der Waals surface area contributed by atoms with Crippen molar-refractivity contribution in [3.8, 4) is 11.1 Å². The minimum Gasteiger partial charge on any atom is -0.461 e. The van der Waals surface area contributed by atoms with Crippen LogP contribution in [0.5, 0.6) is 0 Å². The zero-order valence-electron chi connectivity index (χ0n) is 18.1. The van der Waals surface area contributed by atoms with Gasteiger partial charge >= 0.3 is 12.1 Å². The van der Waals surface area contributed by atoms with E-state index in [1.807, 2.05) is 18.2 Å². The second kappa shape index (κ2) is 8.58. The predicted octanol–water partition coefficient (Wildman–Crippen LogP) is 7.23. The van der Waals surface area contributed by atoms with Crippen molar-refractivity contribution in [2.24, 2.45) is 17.3 Å². The molecule has 2 nitrogen and oxygen atoms in total. The lowest BCUT2D eigenvalue weighted by Gasteiger charge is -2.20. The number of hydrogen-bond acceptors (Lipinski definition) is 2. The summed E-state index contributed by atoms with van der Waals surface area (Å²) >= 11 is 5.40. The molecule has 2 aromatic carbocycles. The Hall–Kier alpha value is -2.27. The van der Waals surface area contributed by atoms with Crippen LogP contribution >= 0.6 is 11.6 Å². The summed E-state index contributed by atoms with van der Waals surface area (Å²) in [4.78, 5) is 12.7. The van der Waals surface area contributed by atoms with Crippen LogP contribution in [-0.4, -0.2) is 12.1 Å². The van der Waals surface area contributed by atoms with Gasteiger partial charge in [0.05, 0.1) is 5.92 Å². The normalized spacial score (nSPS) is 22.2. The number of allylic oxidation sites excluding steroid dienone is 2. The van der Waals surface area contributed by atoms with Gasteiger partial charge in [-0.15, -0.1) is 0 Å². The number of hydrogen-bond donors (Lipinski definition) is 0. The van der Waals surface area contributed by atoms with Crippen LogP contribution in [0.4, 0.5) is 13.2 Å². The van der Waals surface area contributed by atoms with E-state index in [2.05, 4.69) is 24.3 Å². The number of alkyl halides is 3. The molecule has 170 valence electrons. The van der Waals surface area contributed by atoms with E-state index in [0.717, 1.165) is 37.3 Å². The van der Waals surface area contributed by atoms with Gasteiger partial charge in [-0.2, -0.15) is 13.2 Å². The van der Waals surface area contributed by atoms with Gasteiger partial charge in [-0.25, -0.2) is 0 Å². The van der Waals surface area contributed by atoms with E-state index in [1.165, 1.54) is 22.3 Å². The van der Waals surface area contributed by atoms with Crippen LogP contribution in [0.1, 0.15) is 43.4 Å². The monoisotopic (exact) mass is 462 g/mol. The minimum atomic E-state index is -4.61. The summed E-state index contributed by atoms with van der Waals surface area (Å²) < 4.78 is 44.0. The van der Waals surface area contributed by atoms with E-state index in [9.17, 15) is 18.0 Å². The van der Waals surface area contributed by atoms with E-state index in [0.29, 0.717) is 0 Å². The van der Waals surface area contributed by atoms with Crippen LogP contribution in [0.15, 0.2) is 53.6 Å². The number of carbonyl (C=O) groups is 1. The molecule has 0 bridgehead atoms. The van der Waals surface area contributed by atoms with E-state index in [4.69, 9.17) is 16.3 Å². The van der Waals surface area contributed by atoms with Crippen molar-refractivity contribution in [1.82, 2.24) is 0 Å². The summed E-state index contributed by atoms with van der Waals surface area (Å²) in [6.07, 6.45) is 0.424. The summed E-state index contributed by atoms with van der Waals surface area (Å²) in [6.45, 7) is 3.63. The Morgan fingerprint density at radius 3 is 2.53 bits per heavy atom. The smallest absolute Gasteiger partial charge is 0.426 e. The molecular weight excluding hydrogens is 437 g/mol. The number of fused-ring (bicyclic) bond motifs is 3. The molecule has 2 aromatic rings. The Kier molecular flexibility index (Phi) is 6.15. The molecule has 2 aliphatic carbocycles. The third kappa shape index (κ3) is 4.45. The van der Waals surface area contributed by atoms with Crippen molar-refractivity contribution in [1.29, 1.82) is 0 Å². The van der Waals surface area contributed by atoms with E-state index in [-0.39, 0.29) is 6.61 Å². The third-order valence-electron chi connectivity index (χ3n) is 6.83. The number of halogens is 4. The fraction of sp³-hybridized carbons (Fsp3) is 0.423. The zero-order valence-corrected chi connectivity index (χ0v) is 18.9. The van der Waals surface area contributed by atoms with Crippen molar-refractivity contribution in [3.63, 3.8) is 0 Å². The highest BCUT2D eigenvalue weighted by Gasteiger charge is 2.62. The van der Waals surface area contributed by atoms with Crippen molar-refractivity contribution >= 4 is 17.6 Å². The van der Waals surface area contributed by atoms with E-state index >= 15 is 0 Å². The molecule has 0 aliphatic heterocycles. The van der Waals surface area contributed by atoms with Gasteiger partial charge in [-0.05, 0) is 64.8 Å². The molecule has 2 atom stereocenters. The second-order valence-electron chi connectivity index (χ2n) is 9.25. The Labute approximate surface area is 191 Å². The number of aryl methyl sites for hydroxylation is 1. The van der Waals surface area contributed by atoms with Crippen LogP contribution in [0.2, 0.25) is 0 Å². The molecule has 0 N–H and O–H groups in total. The first kappa shape index (κ1) is 22.9. The molecular formula is C26H26ClF3O2. The standard InChI is InChI=1S/C26H26ClF3O2/c1-25(2)21(14-22(27)26(28,29)30)23(25)24(31)32-15-17-10-7-13-20-18-11-5-3-8-16(18)9-4-6-12-19(17)20/h3,5,7-8,10-11,13-14,21,23H,4,6,9,12,15H2,1-2H3. The highest BCUT2D eigenvalue weighted by molar-refractivity contribution is 6.30. The highest BCUT2D eigenvalue weighted by Crippen LogP contribution is 2.60. The lowest BCUT2D eigenvalue weighted by atomic mass is 9.86. The predicted molar refractivity (Wildman–Crippen MR) is 119 cm³/mol. The lowest BCUT2D eigenvalue weighted by Crippen LogP contribution is -2.12. The van der Waals surface area contributed by atoms with Gasteiger partial charge in [-0.1, -0.05) is 74.0 Å². The molecule has 0 saturated heterocycles. The fourth-order valence-electron chi connectivity index (χ4n) is 4.87. The van der Waals surface area contributed by atoms with Gasteiger partial charge in [-0.3, -0.25) is 4.79 Å². The summed E-state index contributed by atoms with van der Waals surface area (Å²) in [5.74, 6) is -1.70. The topological polar surface area (TPSA) is 26.3 Å². The Balaban J connectivity index is 1.52. The first-order valence-electron chi connectivity index (χ1n) is 10.9. The Morgan fingerprint density at radius 2 is 1.78 bits per heavy atom. The molecule has 2 unspecified atom stereocenters. The van der Waals surface area contributed by atoms with Crippen molar-refractivity contribution in [2.45, 2.75) is 52.3 Å². The molecule has 6 heteroatoms. The number of esters is 1. The quantitative estimate of drug-likeness (QED) is 0.448. The molecule has 0 aromatic heterocycles. The van der Waals surface area contributed by atoms with Gasteiger partial charge in [0.1, 0.15) is 11.6 Å². The lowest BCUT2D eigenvalue weighted by molar-refractivity contribution is -0.147. The first-order valence-corrected chi connectivity index (χ1v) is 11.3. The molecule has 2 aliphatic rings. The number of ether oxygens (including phenoxy) is 1. The molecule has 0 amide bonds. The van der Waals surface area contributed by atoms with Crippen LogP contribution < -0.4 is 0 Å². The van der Waals surface area contributed by atoms with Gasteiger partial charge in [0.25, 0.3) is 0 Å². The van der Waals surface area contributed by atoms with Crippen LogP contribution in [-0.2, 0) is 29.0 Å². The average molecular weight is 463 g/mol. The molecule has 0 spiro atoms. The molecule has 32 heavy (non-hydrogen) atoms. The summed E-state index contributed by atoms with van der Waals surface area (Å²) in [6, 6.07) is 14.4. The van der Waals surface area contributed by atoms with Gasteiger partial charge in [0.2, 0.25) is 0 Å². The second-order valence-corrected chi connectivity index (χ2v) is 9.66. The molecule has 1 saturated carbocycles. The van der Waals surface area contributed by atoms with Gasteiger partial charge in [0, 0.05) is 0 Å². The SMILES string of the molecule is CC1(C)C(C=C(Cl)C(F)(F)F)C1C(=O)OCc1cccc2c1CCCCc1ccccc1-2. The van der Waals surface area contributed by atoms with Crippen LogP contribution in [0.25, 0.3) is 11.1 Å². The van der Waals surface area contributed by atoms with Gasteiger partial charge in [0.15, 0.2) is 0 Å². The maximum absolute atomic E-state index is 12.8. The molecule has 0 heterocycles. The number of rotatable bonds is 4. The summed E-state index contributed by atoms with van der Waals surface area (Å²) in [7, 11) is 0. The van der Waals surface area contributed by atoms with E-state index < -0.39 is 34.4 Å². The fourth-order valence-corrected chi connectivity index (χ4v) is 5.00. The maximum Gasteiger partial charge on any atom is 0.426 e. The zero-order chi connectivity index (χ0) is 23.1. The maximum atomic E-state index is 12.8. The van der Waals surface area contributed by atoms with Crippen molar-refractivity contribution in [3.05, 3.63) is 70.3 Å². The third-order valence-corrected chi connectivity index (χ3v) is 7.17. The minimum absolute atomic E-state index is 0.111. The number of benzene rings is 2. The van der Waals surface area contributed by atoms with Crippen molar-refractivity contribution < 1.29 is 22.7 Å². The number of carbonyl (C=O) groups excluding carboxylic acids is 1. The Bertz CT molecular complexity index is 1060. The molecule has 4 rings (SSSR count). The van der Waals surface area contributed by atoms with Crippen LogP contribution in [0.3, 0.4) is 0 Å². The van der Waals surface area contributed by atoms with E-state index in [1.54, 1.807) is 13.8 Å². The van der Waals surface area contributed by atoms with Crippen LogP contribution in [0, 0.1) is 17.3 Å².